The van der Waals surface area contributed by atoms with Gasteiger partial charge in [0.25, 0.3) is 0 Å². The van der Waals surface area contributed by atoms with Crippen LogP contribution in [-0.2, 0) is 29.3 Å². The van der Waals surface area contributed by atoms with Gasteiger partial charge in [-0.15, -0.1) is 0 Å². The van der Waals surface area contributed by atoms with E-state index in [-0.39, 0.29) is 30.7 Å². The molecular weight excluding hydrogens is 711 g/mol. The van der Waals surface area contributed by atoms with Gasteiger partial charge in [-0.05, 0) is 72.0 Å². The first-order valence-corrected chi connectivity index (χ1v) is 17.6. The molecule has 1 aromatic heterocycles. The summed E-state index contributed by atoms with van der Waals surface area (Å²) in [6.45, 7) is 5.42. The van der Waals surface area contributed by atoms with Gasteiger partial charge in [0.2, 0.25) is 5.91 Å². The fraction of sp³-hybridized carbons (Fsp3) is 0.316. The lowest BCUT2D eigenvalue weighted by atomic mass is 10.0. The van der Waals surface area contributed by atoms with Gasteiger partial charge in [-0.1, -0.05) is 59.6 Å². The van der Waals surface area contributed by atoms with E-state index >= 15 is 0 Å². The highest BCUT2D eigenvalue weighted by molar-refractivity contribution is 6.34. The Hall–Kier alpha value is -4.88. The average Bonchev–Trinajstić information content (AvgIpc) is 3.62. The summed E-state index contributed by atoms with van der Waals surface area (Å²) >= 11 is 13.6. The number of nitrogens with zero attached hydrogens (tertiary/aromatic N) is 3. The van der Waals surface area contributed by atoms with E-state index in [1.54, 1.807) is 24.3 Å². The van der Waals surface area contributed by atoms with Gasteiger partial charge in [-0.2, -0.15) is 0 Å². The minimum Gasteiger partial charge on any atom is -0.494 e. The Balaban J connectivity index is 1.29. The SMILES string of the molecule is CCN(CC)C(=O)CCCOc1cccc(-c2cccc(COc3cc(OCc4ccc5nonc5c4)c(CNC(CO)C(=O)O)cc3Cl)c2Cl)c1. The maximum atomic E-state index is 12.3. The number of nitrogens with one attached hydrogen (secondary N) is 1. The fourth-order valence-corrected chi connectivity index (χ4v) is 6.00. The van der Waals surface area contributed by atoms with Gasteiger partial charge in [0, 0.05) is 48.8 Å². The molecular formula is C38H40Cl2N4O8. The van der Waals surface area contributed by atoms with Crippen LogP contribution in [0.3, 0.4) is 0 Å². The number of hydrogen-bond donors (Lipinski definition) is 3. The highest BCUT2D eigenvalue weighted by atomic mass is 35.5. The summed E-state index contributed by atoms with van der Waals surface area (Å²) in [7, 11) is 0. The summed E-state index contributed by atoms with van der Waals surface area (Å²) in [5, 5.41) is 30.2. The molecule has 0 aliphatic carbocycles. The molecule has 14 heteroatoms. The molecule has 4 aromatic carbocycles. The zero-order valence-corrected chi connectivity index (χ0v) is 30.3. The Morgan fingerprint density at radius 3 is 2.42 bits per heavy atom. The Bertz CT molecular complexity index is 1980. The summed E-state index contributed by atoms with van der Waals surface area (Å²) in [5.74, 6) is 0.317. The van der Waals surface area contributed by atoms with Crippen molar-refractivity contribution in [2.24, 2.45) is 0 Å². The fourth-order valence-electron chi connectivity index (χ4n) is 5.47. The number of aliphatic carboxylic acids is 1. The van der Waals surface area contributed by atoms with E-state index in [4.69, 9.17) is 42.0 Å². The Labute approximate surface area is 311 Å². The number of aliphatic hydroxyl groups is 1. The molecule has 274 valence electrons. The lowest BCUT2D eigenvalue weighted by molar-refractivity contribution is -0.140. The molecule has 1 amide bonds. The third kappa shape index (κ3) is 9.91. The molecule has 0 aliphatic rings. The van der Waals surface area contributed by atoms with Gasteiger partial charge in [0.15, 0.2) is 0 Å². The molecule has 5 aromatic rings. The number of carboxylic acid groups (broad SMARTS) is 1. The summed E-state index contributed by atoms with van der Waals surface area (Å²) in [4.78, 5) is 25.6. The van der Waals surface area contributed by atoms with Crippen LogP contribution in [0, 0.1) is 0 Å². The molecule has 0 saturated carbocycles. The Kier molecular flexibility index (Phi) is 13.7. The van der Waals surface area contributed by atoms with Crippen LogP contribution in [0.4, 0.5) is 0 Å². The standard InChI is InChI=1S/C38H40Cl2N4O8/c1-3-44(4-2)36(46)12-7-15-49-28-10-5-8-25(17-28)29-11-6-9-26(37(29)40)23-51-35-19-34(27(18-30(35)39)20-41-33(21-45)38(47)48)50-22-24-13-14-31-32(16-24)43-52-42-31/h5-6,8-11,13-14,16-19,33,41,45H,3-4,7,12,15,20-23H2,1-2H3,(H,47,48). The molecule has 0 aliphatic heterocycles. The van der Waals surface area contributed by atoms with Crippen molar-refractivity contribution in [3.63, 3.8) is 0 Å². The number of rotatable bonds is 19. The number of aromatic nitrogens is 2. The van der Waals surface area contributed by atoms with Crippen LogP contribution in [0.5, 0.6) is 17.2 Å². The van der Waals surface area contributed by atoms with Crippen LogP contribution in [0.1, 0.15) is 43.4 Å². The lowest BCUT2D eigenvalue weighted by Gasteiger charge is -2.18. The minimum absolute atomic E-state index is 0.0458. The smallest absolute Gasteiger partial charge is 0.323 e. The summed E-state index contributed by atoms with van der Waals surface area (Å²) in [6, 6.07) is 20.7. The van der Waals surface area contributed by atoms with Crippen LogP contribution < -0.4 is 19.5 Å². The van der Waals surface area contributed by atoms with Crippen molar-refractivity contribution in [1.29, 1.82) is 0 Å². The number of ether oxygens (including phenoxy) is 3. The topological polar surface area (TPSA) is 156 Å². The highest BCUT2D eigenvalue weighted by Gasteiger charge is 2.19. The van der Waals surface area contributed by atoms with Crippen molar-refractivity contribution in [3.05, 3.63) is 99.5 Å². The van der Waals surface area contributed by atoms with E-state index in [9.17, 15) is 19.8 Å². The second kappa shape index (κ2) is 18.6. The first kappa shape index (κ1) is 38.4. The number of amides is 1. The molecule has 1 heterocycles. The quantitative estimate of drug-likeness (QED) is 0.0753. The van der Waals surface area contributed by atoms with Gasteiger partial charge >= 0.3 is 5.97 Å². The molecule has 52 heavy (non-hydrogen) atoms. The monoisotopic (exact) mass is 750 g/mol. The molecule has 1 atom stereocenters. The first-order valence-electron chi connectivity index (χ1n) is 16.8. The maximum absolute atomic E-state index is 12.3. The van der Waals surface area contributed by atoms with Gasteiger partial charge < -0.3 is 29.3 Å². The van der Waals surface area contributed by atoms with Crippen molar-refractivity contribution in [3.8, 4) is 28.4 Å². The number of benzene rings is 4. The molecule has 0 saturated heterocycles. The number of carbonyl (C=O) groups is 2. The largest absolute Gasteiger partial charge is 0.494 e. The number of carbonyl (C=O) groups excluding carboxylic acids is 1. The van der Waals surface area contributed by atoms with Crippen LogP contribution in [-0.4, -0.2) is 69.6 Å². The van der Waals surface area contributed by atoms with Crippen LogP contribution >= 0.6 is 23.2 Å². The normalized spacial score (nSPS) is 11.7. The predicted octanol–water partition coefficient (Wildman–Crippen LogP) is 6.92. The molecule has 0 radical (unpaired) electrons. The van der Waals surface area contributed by atoms with E-state index in [1.165, 1.54) is 0 Å². The van der Waals surface area contributed by atoms with Crippen molar-refractivity contribution < 1.29 is 38.6 Å². The van der Waals surface area contributed by atoms with Gasteiger partial charge in [-0.25, -0.2) is 4.63 Å². The lowest BCUT2D eigenvalue weighted by Crippen LogP contribution is -2.39. The highest BCUT2D eigenvalue weighted by Crippen LogP contribution is 2.36. The molecule has 3 N–H and O–H groups in total. The van der Waals surface area contributed by atoms with E-state index in [1.807, 2.05) is 67.3 Å². The average molecular weight is 752 g/mol. The number of fused-ring (bicyclic) bond motifs is 1. The second-order valence-corrected chi connectivity index (χ2v) is 12.6. The van der Waals surface area contributed by atoms with Crippen LogP contribution in [0.2, 0.25) is 10.0 Å². The summed E-state index contributed by atoms with van der Waals surface area (Å²) < 4.78 is 23.1. The summed E-state index contributed by atoms with van der Waals surface area (Å²) in [5.41, 5.74) is 4.90. The molecule has 0 spiro atoms. The molecule has 5 rings (SSSR count). The zero-order chi connectivity index (χ0) is 37.0. The molecule has 0 fully saturated rings. The van der Waals surface area contributed by atoms with Gasteiger partial charge in [0.05, 0.1) is 23.3 Å². The molecule has 0 bridgehead atoms. The molecule has 12 nitrogen and oxygen atoms in total. The van der Waals surface area contributed by atoms with E-state index in [0.717, 1.165) is 16.7 Å². The number of aliphatic hydroxyl groups excluding tert-OH is 1. The number of carboxylic acids is 1. The van der Waals surface area contributed by atoms with Crippen molar-refractivity contribution in [2.45, 2.75) is 52.5 Å². The van der Waals surface area contributed by atoms with Crippen molar-refractivity contribution in [1.82, 2.24) is 20.5 Å². The zero-order valence-electron chi connectivity index (χ0n) is 28.8. The second-order valence-electron chi connectivity index (χ2n) is 11.8. The van der Waals surface area contributed by atoms with Crippen molar-refractivity contribution >= 4 is 46.1 Å². The summed E-state index contributed by atoms with van der Waals surface area (Å²) in [6.07, 6.45) is 1.04. The van der Waals surface area contributed by atoms with Gasteiger partial charge in [0.1, 0.15) is 47.5 Å². The third-order valence-corrected chi connectivity index (χ3v) is 9.12. The maximum Gasteiger partial charge on any atom is 0.323 e. The van der Waals surface area contributed by atoms with E-state index < -0.39 is 18.6 Å². The van der Waals surface area contributed by atoms with Crippen LogP contribution in [0.15, 0.2) is 77.4 Å². The number of hydrogen-bond acceptors (Lipinski definition) is 10. The number of halogens is 2. The predicted molar refractivity (Wildman–Crippen MR) is 197 cm³/mol. The molecule has 1 unspecified atom stereocenters. The van der Waals surface area contributed by atoms with E-state index in [2.05, 4.69) is 15.6 Å². The third-order valence-electron chi connectivity index (χ3n) is 8.37. The Morgan fingerprint density at radius 2 is 1.65 bits per heavy atom. The first-order chi connectivity index (χ1) is 25.2. The van der Waals surface area contributed by atoms with Crippen molar-refractivity contribution in [2.75, 3.05) is 26.3 Å². The van der Waals surface area contributed by atoms with E-state index in [0.29, 0.717) is 77.0 Å². The Morgan fingerprint density at radius 1 is 0.885 bits per heavy atom. The van der Waals surface area contributed by atoms with Crippen LogP contribution in [0.25, 0.3) is 22.2 Å². The van der Waals surface area contributed by atoms with Gasteiger partial charge in [-0.3, -0.25) is 14.9 Å². The minimum atomic E-state index is -1.19.